The van der Waals surface area contributed by atoms with Crippen molar-refractivity contribution in [1.29, 1.82) is 0 Å². The lowest BCUT2D eigenvalue weighted by Gasteiger charge is -2.11. The third-order valence-electron chi connectivity index (χ3n) is 3.39. The summed E-state index contributed by atoms with van der Waals surface area (Å²) in [5.74, 6) is 2.14. The Morgan fingerprint density at radius 3 is 2.72 bits per heavy atom. The highest BCUT2D eigenvalue weighted by Gasteiger charge is 2.33. The Hall–Kier alpha value is -0.960. The number of carbonyl (C=O) groups excluding carboxylic acids is 1. The van der Waals surface area contributed by atoms with Gasteiger partial charge in [0.05, 0.1) is 11.9 Å². The summed E-state index contributed by atoms with van der Waals surface area (Å²) in [7, 11) is 0. The summed E-state index contributed by atoms with van der Waals surface area (Å²) >= 11 is 1.64. The summed E-state index contributed by atoms with van der Waals surface area (Å²) in [6, 6.07) is 10.2. The summed E-state index contributed by atoms with van der Waals surface area (Å²) in [4.78, 5) is 11.8. The van der Waals surface area contributed by atoms with Gasteiger partial charge < -0.3 is 4.74 Å². The Kier molecular flexibility index (Phi) is 4.70. The lowest BCUT2D eigenvalue weighted by Crippen LogP contribution is -2.18. The zero-order valence-electron chi connectivity index (χ0n) is 11.0. The van der Waals surface area contributed by atoms with Crippen molar-refractivity contribution in [2.45, 2.75) is 31.3 Å². The van der Waals surface area contributed by atoms with Gasteiger partial charge in [0.15, 0.2) is 0 Å². The molecule has 1 aromatic carbocycles. The van der Waals surface area contributed by atoms with Gasteiger partial charge >= 0.3 is 5.97 Å². The number of benzene rings is 1. The van der Waals surface area contributed by atoms with Crippen LogP contribution in [0.15, 0.2) is 30.3 Å². The van der Waals surface area contributed by atoms with Gasteiger partial charge in [-0.15, -0.1) is 11.8 Å². The lowest BCUT2D eigenvalue weighted by molar-refractivity contribution is -0.143. The Labute approximate surface area is 113 Å². The van der Waals surface area contributed by atoms with Crippen molar-refractivity contribution < 1.29 is 9.53 Å². The van der Waals surface area contributed by atoms with E-state index in [1.54, 1.807) is 11.8 Å². The van der Waals surface area contributed by atoms with Gasteiger partial charge in [-0.3, -0.25) is 4.79 Å². The summed E-state index contributed by atoms with van der Waals surface area (Å²) < 4.78 is 5.33. The first kappa shape index (κ1) is 13.5. The second-order valence-electron chi connectivity index (χ2n) is 5.04. The second-order valence-corrected chi connectivity index (χ2v) is 6.37. The largest absolute Gasteiger partial charge is 0.465 e. The molecule has 1 saturated carbocycles. The number of esters is 1. The molecule has 18 heavy (non-hydrogen) atoms. The van der Waals surface area contributed by atoms with E-state index in [1.165, 1.54) is 12.0 Å². The smallest absolute Gasteiger partial charge is 0.318 e. The third kappa shape index (κ3) is 4.05. The van der Waals surface area contributed by atoms with Crippen molar-refractivity contribution in [2.75, 3.05) is 6.61 Å². The van der Waals surface area contributed by atoms with Crippen molar-refractivity contribution in [1.82, 2.24) is 0 Å². The average molecular weight is 264 g/mol. The maximum Gasteiger partial charge on any atom is 0.318 e. The highest BCUT2D eigenvalue weighted by atomic mass is 32.2. The predicted molar refractivity (Wildman–Crippen MR) is 75.4 cm³/mol. The molecule has 1 aromatic rings. The molecular formula is C15H20O2S. The lowest BCUT2D eigenvalue weighted by atomic mass is 10.2. The molecule has 1 aliphatic rings. The zero-order valence-corrected chi connectivity index (χ0v) is 11.8. The molecule has 3 atom stereocenters. The van der Waals surface area contributed by atoms with Crippen LogP contribution < -0.4 is 0 Å². The number of ether oxygens (including phenoxy) is 1. The minimum absolute atomic E-state index is 0.0740. The average Bonchev–Trinajstić information content (AvgIpc) is 3.10. The quantitative estimate of drug-likeness (QED) is 0.736. The molecule has 0 radical (unpaired) electrons. The van der Waals surface area contributed by atoms with E-state index in [0.717, 1.165) is 11.7 Å². The van der Waals surface area contributed by atoms with E-state index in [0.29, 0.717) is 12.5 Å². The van der Waals surface area contributed by atoms with Crippen LogP contribution in [0.1, 0.15) is 25.8 Å². The SMILES string of the molecule is CC(SCc1ccccc1)C(=O)OCC1CC1C. The normalized spacial score (nSPS) is 23.4. The minimum atomic E-state index is -0.0840. The van der Waals surface area contributed by atoms with Crippen LogP contribution in [0.5, 0.6) is 0 Å². The second kappa shape index (κ2) is 6.28. The molecule has 0 amide bonds. The first-order chi connectivity index (χ1) is 8.66. The van der Waals surface area contributed by atoms with Crippen LogP contribution in [0.3, 0.4) is 0 Å². The van der Waals surface area contributed by atoms with Gasteiger partial charge in [0, 0.05) is 5.75 Å². The van der Waals surface area contributed by atoms with Crippen LogP contribution >= 0.6 is 11.8 Å². The van der Waals surface area contributed by atoms with Gasteiger partial charge in [0.1, 0.15) is 0 Å². The van der Waals surface area contributed by atoms with Crippen LogP contribution in [-0.4, -0.2) is 17.8 Å². The monoisotopic (exact) mass is 264 g/mol. The van der Waals surface area contributed by atoms with Crippen LogP contribution in [0.2, 0.25) is 0 Å². The summed E-state index contributed by atoms with van der Waals surface area (Å²) in [6.45, 7) is 4.73. The van der Waals surface area contributed by atoms with E-state index in [4.69, 9.17) is 4.74 Å². The van der Waals surface area contributed by atoms with Gasteiger partial charge in [0.2, 0.25) is 0 Å². The predicted octanol–water partition coefficient (Wildman–Crippen LogP) is 3.51. The molecule has 3 unspecified atom stereocenters. The number of hydrogen-bond donors (Lipinski definition) is 0. The van der Waals surface area contributed by atoms with Crippen LogP contribution in [0, 0.1) is 11.8 Å². The molecule has 3 heteroatoms. The fourth-order valence-electron chi connectivity index (χ4n) is 1.80. The molecule has 2 rings (SSSR count). The maximum absolute atomic E-state index is 11.8. The van der Waals surface area contributed by atoms with Crippen molar-refractivity contribution in [3.05, 3.63) is 35.9 Å². The van der Waals surface area contributed by atoms with Gasteiger partial charge in [-0.05, 0) is 30.7 Å². The third-order valence-corrected chi connectivity index (χ3v) is 4.58. The van der Waals surface area contributed by atoms with E-state index in [-0.39, 0.29) is 11.2 Å². The topological polar surface area (TPSA) is 26.3 Å². The number of rotatable bonds is 6. The fraction of sp³-hybridized carbons (Fsp3) is 0.533. The summed E-state index contributed by atoms with van der Waals surface area (Å²) in [5.41, 5.74) is 1.25. The van der Waals surface area contributed by atoms with E-state index in [1.807, 2.05) is 25.1 Å². The number of carbonyl (C=O) groups is 1. The molecular weight excluding hydrogens is 244 g/mol. The standard InChI is InChI=1S/C15H20O2S/c1-11-8-14(11)9-17-15(16)12(2)18-10-13-6-4-3-5-7-13/h3-7,11-12,14H,8-10H2,1-2H3. The fourth-order valence-corrected chi connectivity index (χ4v) is 2.64. The first-order valence-electron chi connectivity index (χ1n) is 6.49. The van der Waals surface area contributed by atoms with Crippen molar-refractivity contribution >= 4 is 17.7 Å². The Morgan fingerprint density at radius 1 is 1.44 bits per heavy atom. The summed E-state index contributed by atoms with van der Waals surface area (Å²) in [5, 5.41) is -0.0840. The zero-order chi connectivity index (χ0) is 13.0. The summed E-state index contributed by atoms with van der Waals surface area (Å²) in [6.07, 6.45) is 1.21. The van der Waals surface area contributed by atoms with Crippen molar-refractivity contribution in [2.24, 2.45) is 11.8 Å². The van der Waals surface area contributed by atoms with Crippen LogP contribution in [0.25, 0.3) is 0 Å². The molecule has 0 N–H and O–H groups in total. The number of thioether (sulfide) groups is 1. The molecule has 2 nitrogen and oxygen atoms in total. The molecule has 98 valence electrons. The highest BCUT2D eigenvalue weighted by Crippen LogP contribution is 2.37. The maximum atomic E-state index is 11.8. The molecule has 0 aliphatic heterocycles. The Bertz CT molecular complexity index is 391. The van der Waals surface area contributed by atoms with Crippen LogP contribution in [-0.2, 0) is 15.3 Å². The van der Waals surface area contributed by atoms with Crippen molar-refractivity contribution in [3.63, 3.8) is 0 Å². The number of hydrogen-bond acceptors (Lipinski definition) is 3. The molecule has 0 spiro atoms. The molecule has 1 aliphatic carbocycles. The van der Waals surface area contributed by atoms with E-state index < -0.39 is 0 Å². The molecule has 0 saturated heterocycles. The van der Waals surface area contributed by atoms with Crippen molar-refractivity contribution in [3.8, 4) is 0 Å². The highest BCUT2D eigenvalue weighted by molar-refractivity contribution is 7.99. The molecule has 1 fully saturated rings. The molecule has 0 aromatic heterocycles. The van der Waals surface area contributed by atoms with Crippen LogP contribution in [0.4, 0.5) is 0 Å². The minimum Gasteiger partial charge on any atom is -0.465 e. The molecule has 0 heterocycles. The Balaban J connectivity index is 1.67. The van der Waals surface area contributed by atoms with Gasteiger partial charge in [-0.1, -0.05) is 37.3 Å². The van der Waals surface area contributed by atoms with E-state index in [9.17, 15) is 4.79 Å². The molecule has 0 bridgehead atoms. The van der Waals surface area contributed by atoms with E-state index in [2.05, 4.69) is 19.1 Å². The first-order valence-corrected chi connectivity index (χ1v) is 7.54. The van der Waals surface area contributed by atoms with Gasteiger partial charge in [-0.2, -0.15) is 0 Å². The van der Waals surface area contributed by atoms with Gasteiger partial charge in [0.25, 0.3) is 0 Å². The Morgan fingerprint density at radius 2 is 2.11 bits per heavy atom. The van der Waals surface area contributed by atoms with E-state index >= 15 is 0 Å². The van der Waals surface area contributed by atoms with Gasteiger partial charge in [-0.25, -0.2) is 0 Å².